The Bertz CT molecular complexity index is 471. The van der Waals surface area contributed by atoms with Crippen molar-refractivity contribution in [1.82, 2.24) is 15.5 Å². The molecule has 1 aromatic rings. The number of hydrogen-bond donors (Lipinski definition) is 2. The first-order valence-electron chi connectivity index (χ1n) is 9.02. The highest BCUT2D eigenvalue weighted by molar-refractivity contribution is 5.79. The van der Waals surface area contributed by atoms with Gasteiger partial charge >= 0.3 is 0 Å². The highest BCUT2D eigenvalue weighted by Gasteiger charge is 2.15. The van der Waals surface area contributed by atoms with Crippen LogP contribution >= 0.6 is 0 Å². The lowest BCUT2D eigenvalue weighted by atomic mass is 10.1. The first-order valence-corrected chi connectivity index (χ1v) is 9.02. The monoisotopic (exact) mass is 316 g/mol. The molecular weight excluding hydrogens is 284 g/mol. The molecule has 0 saturated heterocycles. The van der Waals surface area contributed by atoms with E-state index in [1.165, 1.54) is 36.8 Å². The number of nitrogens with zero attached hydrogens (tertiary/aromatic N) is 2. The summed E-state index contributed by atoms with van der Waals surface area (Å²) in [4.78, 5) is 6.76. The zero-order valence-corrected chi connectivity index (χ0v) is 14.9. The van der Waals surface area contributed by atoms with E-state index in [4.69, 9.17) is 0 Å². The second-order valence-electron chi connectivity index (χ2n) is 6.33. The number of aliphatic imine (C=N–C) groups is 1. The van der Waals surface area contributed by atoms with E-state index >= 15 is 0 Å². The molecule has 0 heterocycles. The highest BCUT2D eigenvalue weighted by atomic mass is 15.2. The SMILES string of the molecule is CCN(CC)Cc1ccc(CNC(=NC)NC2CCCC2)cc1. The number of rotatable bonds is 7. The van der Waals surface area contributed by atoms with E-state index in [2.05, 4.69) is 58.6 Å². The lowest BCUT2D eigenvalue weighted by Crippen LogP contribution is -2.41. The van der Waals surface area contributed by atoms with Crippen molar-refractivity contribution in [2.24, 2.45) is 4.99 Å². The molecule has 0 amide bonds. The van der Waals surface area contributed by atoms with Crippen LogP contribution in [0.4, 0.5) is 0 Å². The van der Waals surface area contributed by atoms with Crippen molar-refractivity contribution in [3.05, 3.63) is 35.4 Å². The first-order chi connectivity index (χ1) is 11.2. The third-order valence-electron chi connectivity index (χ3n) is 4.70. The van der Waals surface area contributed by atoms with Gasteiger partial charge in [0.1, 0.15) is 0 Å². The summed E-state index contributed by atoms with van der Waals surface area (Å²) in [6, 6.07) is 9.51. The fourth-order valence-corrected chi connectivity index (χ4v) is 3.11. The molecule has 2 N–H and O–H groups in total. The summed E-state index contributed by atoms with van der Waals surface area (Å²) in [6.45, 7) is 8.48. The minimum atomic E-state index is 0.595. The molecule has 1 fully saturated rings. The van der Waals surface area contributed by atoms with E-state index in [0.29, 0.717) is 6.04 Å². The van der Waals surface area contributed by atoms with Crippen LogP contribution in [0.3, 0.4) is 0 Å². The quantitative estimate of drug-likeness (QED) is 0.600. The summed E-state index contributed by atoms with van der Waals surface area (Å²) in [7, 11) is 1.84. The molecule has 0 aromatic heterocycles. The Morgan fingerprint density at radius 2 is 1.70 bits per heavy atom. The smallest absolute Gasteiger partial charge is 0.191 e. The van der Waals surface area contributed by atoms with E-state index in [1.807, 2.05) is 7.05 Å². The number of guanidine groups is 1. The largest absolute Gasteiger partial charge is 0.354 e. The average Bonchev–Trinajstić information content (AvgIpc) is 3.10. The normalized spacial score (nSPS) is 16.1. The molecule has 0 bridgehead atoms. The Morgan fingerprint density at radius 1 is 1.09 bits per heavy atom. The second kappa shape index (κ2) is 9.56. The van der Waals surface area contributed by atoms with Crippen molar-refractivity contribution < 1.29 is 0 Å². The zero-order chi connectivity index (χ0) is 16.5. The highest BCUT2D eigenvalue weighted by Crippen LogP contribution is 2.17. The third-order valence-corrected chi connectivity index (χ3v) is 4.70. The number of nitrogens with one attached hydrogen (secondary N) is 2. The summed E-state index contributed by atoms with van der Waals surface area (Å²) in [6.07, 6.45) is 5.20. The van der Waals surface area contributed by atoms with Crippen molar-refractivity contribution in [3.8, 4) is 0 Å². The van der Waals surface area contributed by atoms with Gasteiger partial charge in [-0.2, -0.15) is 0 Å². The third kappa shape index (κ3) is 5.87. The zero-order valence-electron chi connectivity index (χ0n) is 14.9. The molecule has 1 aliphatic carbocycles. The van der Waals surface area contributed by atoms with Gasteiger partial charge in [0, 0.05) is 26.2 Å². The minimum absolute atomic E-state index is 0.595. The molecule has 1 aromatic carbocycles. The van der Waals surface area contributed by atoms with Gasteiger partial charge < -0.3 is 10.6 Å². The van der Waals surface area contributed by atoms with Gasteiger partial charge in [-0.3, -0.25) is 9.89 Å². The summed E-state index contributed by atoms with van der Waals surface area (Å²) in [5.41, 5.74) is 2.67. The van der Waals surface area contributed by atoms with Crippen LogP contribution in [0.5, 0.6) is 0 Å². The molecule has 4 nitrogen and oxygen atoms in total. The molecule has 0 unspecified atom stereocenters. The number of benzene rings is 1. The Balaban J connectivity index is 1.80. The minimum Gasteiger partial charge on any atom is -0.354 e. The lowest BCUT2D eigenvalue weighted by molar-refractivity contribution is 0.296. The summed E-state index contributed by atoms with van der Waals surface area (Å²) < 4.78 is 0. The molecule has 1 saturated carbocycles. The Hall–Kier alpha value is -1.55. The molecule has 0 aliphatic heterocycles. The van der Waals surface area contributed by atoms with Crippen LogP contribution in [0.25, 0.3) is 0 Å². The van der Waals surface area contributed by atoms with Crippen LogP contribution in [0.15, 0.2) is 29.3 Å². The van der Waals surface area contributed by atoms with Gasteiger partial charge in [0.05, 0.1) is 0 Å². The maximum atomic E-state index is 4.33. The van der Waals surface area contributed by atoms with Gasteiger partial charge in [0.15, 0.2) is 5.96 Å². The van der Waals surface area contributed by atoms with Gasteiger partial charge in [-0.25, -0.2) is 0 Å². The van der Waals surface area contributed by atoms with Gasteiger partial charge in [-0.05, 0) is 37.1 Å². The molecule has 1 aliphatic rings. The molecule has 4 heteroatoms. The van der Waals surface area contributed by atoms with Crippen LogP contribution < -0.4 is 10.6 Å². The van der Waals surface area contributed by atoms with Crippen molar-refractivity contribution in [2.45, 2.75) is 58.7 Å². The van der Waals surface area contributed by atoms with Gasteiger partial charge in [0.2, 0.25) is 0 Å². The van der Waals surface area contributed by atoms with E-state index in [0.717, 1.165) is 32.1 Å². The Labute approximate surface area is 141 Å². The molecule has 2 rings (SSSR count). The van der Waals surface area contributed by atoms with Crippen molar-refractivity contribution in [3.63, 3.8) is 0 Å². The summed E-state index contributed by atoms with van der Waals surface area (Å²) >= 11 is 0. The van der Waals surface area contributed by atoms with Gasteiger partial charge in [-0.1, -0.05) is 51.0 Å². The van der Waals surface area contributed by atoms with Crippen LogP contribution in [0, 0.1) is 0 Å². The van der Waals surface area contributed by atoms with Crippen LogP contribution in [-0.2, 0) is 13.1 Å². The number of hydrogen-bond acceptors (Lipinski definition) is 2. The predicted octanol–water partition coefficient (Wildman–Crippen LogP) is 3.14. The standard InChI is InChI=1S/C19H32N4/c1-4-23(5-2)15-17-12-10-16(11-13-17)14-21-19(20-3)22-18-8-6-7-9-18/h10-13,18H,4-9,14-15H2,1-3H3,(H2,20,21,22). The molecule has 0 radical (unpaired) electrons. The molecule has 23 heavy (non-hydrogen) atoms. The maximum Gasteiger partial charge on any atom is 0.191 e. The fraction of sp³-hybridized carbons (Fsp3) is 0.632. The Kier molecular flexibility index (Phi) is 7.40. The molecule has 0 spiro atoms. The van der Waals surface area contributed by atoms with E-state index in [-0.39, 0.29) is 0 Å². The van der Waals surface area contributed by atoms with Gasteiger partial charge in [-0.15, -0.1) is 0 Å². The average molecular weight is 316 g/mol. The van der Waals surface area contributed by atoms with Gasteiger partial charge in [0.25, 0.3) is 0 Å². The van der Waals surface area contributed by atoms with Crippen molar-refractivity contribution >= 4 is 5.96 Å². The fourth-order valence-electron chi connectivity index (χ4n) is 3.11. The molecule has 0 atom stereocenters. The molecular formula is C19H32N4. The molecule has 128 valence electrons. The van der Waals surface area contributed by atoms with Crippen LogP contribution in [0.2, 0.25) is 0 Å². The van der Waals surface area contributed by atoms with E-state index < -0.39 is 0 Å². The lowest BCUT2D eigenvalue weighted by Gasteiger charge is -2.18. The van der Waals surface area contributed by atoms with E-state index in [9.17, 15) is 0 Å². The Morgan fingerprint density at radius 3 is 2.26 bits per heavy atom. The van der Waals surface area contributed by atoms with Crippen molar-refractivity contribution in [2.75, 3.05) is 20.1 Å². The van der Waals surface area contributed by atoms with E-state index in [1.54, 1.807) is 0 Å². The maximum absolute atomic E-state index is 4.33. The second-order valence-corrected chi connectivity index (χ2v) is 6.33. The first kappa shape index (κ1) is 17.8. The summed E-state index contributed by atoms with van der Waals surface area (Å²) in [5, 5.41) is 6.94. The summed E-state index contributed by atoms with van der Waals surface area (Å²) in [5.74, 6) is 0.920. The van der Waals surface area contributed by atoms with Crippen LogP contribution in [-0.4, -0.2) is 37.0 Å². The predicted molar refractivity (Wildman–Crippen MR) is 98.7 cm³/mol. The van der Waals surface area contributed by atoms with Crippen molar-refractivity contribution in [1.29, 1.82) is 0 Å². The topological polar surface area (TPSA) is 39.7 Å². The van der Waals surface area contributed by atoms with Crippen LogP contribution in [0.1, 0.15) is 50.7 Å².